The molecule has 5 heteroatoms. The van der Waals surface area contributed by atoms with E-state index in [0.717, 1.165) is 18.8 Å². The van der Waals surface area contributed by atoms with Gasteiger partial charge in [-0.3, -0.25) is 4.79 Å². The first kappa shape index (κ1) is 18.4. The number of amides is 1. The SMILES string of the molecule is CNC(=O)C(C)(C)CNCC(O)COC1CCC(C)CC1. The van der Waals surface area contributed by atoms with Crippen LogP contribution in [0.25, 0.3) is 0 Å². The van der Waals surface area contributed by atoms with Gasteiger partial charge in [-0.2, -0.15) is 0 Å². The molecule has 0 aromatic rings. The fraction of sp³-hybridized carbons (Fsp3) is 0.938. The van der Waals surface area contributed by atoms with Gasteiger partial charge in [0.25, 0.3) is 0 Å². The number of rotatable bonds is 8. The molecular weight excluding hydrogens is 268 g/mol. The summed E-state index contributed by atoms with van der Waals surface area (Å²) in [5.74, 6) is 0.806. The first-order valence-corrected chi connectivity index (χ1v) is 8.07. The highest BCUT2D eigenvalue weighted by Gasteiger charge is 2.26. The number of nitrogens with one attached hydrogen (secondary N) is 2. The van der Waals surface area contributed by atoms with Crippen LogP contribution in [0.5, 0.6) is 0 Å². The fourth-order valence-corrected chi connectivity index (χ4v) is 2.67. The molecule has 1 fully saturated rings. The summed E-state index contributed by atoms with van der Waals surface area (Å²) < 4.78 is 5.78. The molecule has 124 valence electrons. The van der Waals surface area contributed by atoms with Crippen molar-refractivity contribution in [2.75, 3.05) is 26.7 Å². The number of ether oxygens (including phenoxy) is 1. The smallest absolute Gasteiger partial charge is 0.226 e. The van der Waals surface area contributed by atoms with Crippen molar-refractivity contribution in [1.82, 2.24) is 10.6 Å². The van der Waals surface area contributed by atoms with E-state index in [2.05, 4.69) is 17.6 Å². The molecule has 5 nitrogen and oxygen atoms in total. The van der Waals surface area contributed by atoms with Crippen LogP contribution < -0.4 is 10.6 Å². The highest BCUT2D eigenvalue weighted by Crippen LogP contribution is 2.25. The van der Waals surface area contributed by atoms with Gasteiger partial charge < -0.3 is 20.5 Å². The topological polar surface area (TPSA) is 70.6 Å². The van der Waals surface area contributed by atoms with E-state index in [-0.39, 0.29) is 5.91 Å². The minimum Gasteiger partial charge on any atom is -0.389 e. The second-order valence-electron chi connectivity index (χ2n) is 6.96. The Hall–Kier alpha value is -0.650. The Balaban J connectivity index is 2.14. The van der Waals surface area contributed by atoms with Gasteiger partial charge in [0, 0.05) is 20.1 Å². The molecule has 0 bridgehead atoms. The van der Waals surface area contributed by atoms with E-state index in [1.165, 1.54) is 12.8 Å². The van der Waals surface area contributed by atoms with Crippen LogP contribution in [-0.4, -0.2) is 50.0 Å². The number of carbonyl (C=O) groups excluding carboxylic acids is 1. The van der Waals surface area contributed by atoms with E-state index >= 15 is 0 Å². The molecule has 1 aliphatic carbocycles. The highest BCUT2D eigenvalue weighted by molar-refractivity contribution is 5.81. The lowest BCUT2D eigenvalue weighted by Crippen LogP contribution is -2.44. The van der Waals surface area contributed by atoms with Crippen LogP contribution in [-0.2, 0) is 9.53 Å². The maximum Gasteiger partial charge on any atom is 0.226 e. The second-order valence-corrected chi connectivity index (χ2v) is 6.96. The molecule has 1 rings (SSSR count). The summed E-state index contributed by atoms with van der Waals surface area (Å²) in [6, 6.07) is 0. The van der Waals surface area contributed by atoms with Crippen LogP contribution >= 0.6 is 0 Å². The van der Waals surface area contributed by atoms with E-state index in [9.17, 15) is 9.90 Å². The molecule has 0 aromatic carbocycles. The lowest BCUT2D eigenvalue weighted by atomic mass is 9.89. The molecule has 21 heavy (non-hydrogen) atoms. The largest absolute Gasteiger partial charge is 0.389 e. The Morgan fingerprint density at radius 2 is 1.95 bits per heavy atom. The summed E-state index contributed by atoms with van der Waals surface area (Å²) >= 11 is 0. The standard InChI is InChI=1S/C16H32N2O3/c1-12-5-7-14(8-6-12)21-10-13(19)9-18-11-16(2,3)15(20)17-4/h12-14,18-19H,5-11H2,1-4H3,(H,17,20). The Morgan fingerprint density at radius 1 is 1.33 bits per heavy atom. The molecule has 1 saturated carbocycles. The predicted molar refractivity (Wildman–Crippen MR) is 84.1 cm³/mol. The van der Waals surface area contributed by atoms with Crippen molar-refractivity contribution >= 4 is 5.91 Å². The lowest BCUT2D eigenvalue weighted by molar-refractivity contribution is -0.128. The molecule has 3 N–H and O–H groups in total. The Morgan fingerprint density at radius 3 is 2.52 bits per heavy atom. The first-order chi connectivity index (χ1) is 9.85. The Bertz CT molecular complexity index is 313. The average molecular weight is 300 g/mol. The van der Waals surface area contributed by atoms with Gasteiger partial charge in [-0.25, -0.2) is 0 Å². The summed E-state index contributed by atoms with van der Waals surface area (Å²) in [7, 11) is 1.64. The van der Waals surface area contributed by atoms with Gasteiger partial charge in [-0.05, 0) is 45.4 Å². The number of aliphatic hydroxyl groups excluding tert-OH is 1. The van der Waals surface area contributed by atoms with Crippen LogP contribution in [0.3, 0.4) is 0 Å². The Kier molecular flexibility index (Phi) is 7.63. The van der Waals surface area contributed by atoms with Crippen LogP contribution in [0.1, 0.15) is 46.5 Å². The normalized spacial score (nSPS) is 24.6. The minimum atomic E-state index is -0.523. The third kappa shape index (κ3) is 6.76. The van der Waals surface area contributed by atoms with Crippen molar-refractivity contribution in [1.29, 1.82) is 0 Å². The first-order valence-electron chi connectivity index (χ1n) is 8.07. The minimum absolute atomic E-state index is 0.00272. The van der Waals surface area contributed by atoms with Crippen LogP contribution in [0.2, 0.25) is 0 Å². The summed E-state index contributed by atoms with van der Waals surface area (Å²) in [6.07, 6.45) is 4.43. The molecule has 1 unspecified atom stereocenters. The van der Waals surface area contributed by atoms with Gasteiger partial charge in [0.15, 0.2) is 0 Å². The van der Waals surface area contributed by atoms with E-state index in [4.69, 9.17) is 4.74 Å². The summed E-state index contributed by atoms with van der Waals surface area (Å²) in [5, 5.41) is 15.7. The zero-order valence-electron chi connectivity index (χ0n) is 13.9. The maximum atomic E-state index is 11.6. The zero-order valence-corrected chi connectivity index (χ0v) is 13.9. The summed E-state index contributed by atoms with van der Waals surface area (Å²) in [4.78, 5) is 11.6. The highest BCUT2D eigenvalue weighted by atomic mass is 16.5. The summed E-state index contributed by atoms with van der Waals surface area (Å²) in [5.41, 5.74) is -0.477. The monoisotopic (exact) mass is 300 g/mol. The van der Waals surface area contributed by atoms with Gasteiger partial charge in [0.1, 0.15) is 0 Å². The number of hydrogen-bond acceptors (Lipinski definition) is 4. The maximum absolute atomic E-state index is 11.6. The number of carbonyl (C=O) groups is 1. The van der Waals surface area contributed by atoms with Gasteiger partial charge in [-0.1, -0.05) is 6.92 Å². The zero-order chi connectivity index (χ0) is 15.9. The van der Waals surface area contributed by atoms with Crippen molar-refractivity contribution in [3.8, 4) is 0 Å². The number of aliphatic hydroxyl groups is 1. The molecule has 0 radical (unpaired) electrons. The molecule has 0 saturated heterocycles. The quantitative estimate of drug-likeness (QED) is 0.632. The van der Waals surface area contributed by atoms with Gasteiger partial charge in [0.05, 0.1) is 24.2 Å². The molecule has 0 aliphatic heterocycles. The predicted octanol–water partition coefficient (Wildman–Crippen LogP) is 1.30. The second kappa shape index (κ2) is 8.71. The van der Waals surface area contributed by atoms with Crippen molar-refractivity contribution in [2.24, 2.45) is 11.3 Å². The van der Waals surface area contributed by atoms with E-state index in [1.54, 1.807) is 7.05 Å². The van der Waals surface area contributed by atoms with Gasteiger partial charge in [-0.15, -0.1) is 0 Å². The van der Waals surface area contributed by atoms with E-state index < -0.39 is 11.5 Å². The molecule has 1 aliphatic rings. The van der Waals surface area contributed by atoms with E-state index in [1.807, 2.05) is 13.8 Å². The lowest BCUT2D eigenvalue weighted by Gasteiger charge is -2.27. The van der Waals surface area contributed by atoms with Crippen molar-refractivity contribution in [2.45, 2.75) is 58.7 Å². The van der Waals surface area contributed by atoms with Crippen molar-refractivity contribution in [3.05, 3.63) is 0 Å². The molecule has 0 spiro atoms. The summed E-state index contributed by atoms with van der Waals surface area (Å²) in [6.45, 7) is 7.39. The number of hydrogen-bond donors (Lipinski definition) is 3. The van der Waals surface area contributed by atoms with Crippen molar-refractivity contribution < 1.29 is 14.6 Å². The molecule has 1 atom stereocenters. The van der Waals surface area contributed by atoms with Gasteiger partial charge in [0.2, 0.25) is 5.91 Å². The third-order valence-corrected chi connectivity index (χ3v) is 4.28. The third-order valence-electron chi connectivity index (χ3n) is 4.28. The van der Waals surface area contributed by atoms with Gasteiger partial charge >= 0.3 is 0 Å². The van der Waals surface area contributed by atoms with Crippen LogP contribution in [0.15, 0.2) is 0 Å². The van der Waals surface area contributed by atoms with E-state index in [0.29, 0.717) is 25.8 Å². The molecule has 1 amide bonds. The van der Waals surface area contributed by atoms with Crippen molar-refractivity contribution in [3.63, 3.8) is 0 Å². The van der Waals surface area contributed by atoms with Crippen LogP contribution in [0.4, 0.5) is 0 Å². The average Bonchev–Trinajstić information content (AvgIpc) is 2.45. The molecule has 0 heterocycles. The molecule has 0 aromatic heterocycles. The Labute approximate surface area is 128 Å². The van der Waals surface area contributed by atoms with Crippen LogP contribution in [0, 0.1) is 11.3 Å². The fourth-order valence-electron chi connectivity index (χ4n) is 2.67. The molecular formula is C16H32N2O3.